The van der Waals surface area contributed by atoms with Gasteiger partial charge in [0.05, 0.1) is 18.7 Å². The van der Waals surface area contributed by atoms with Gasteiger partial charge in [-0.25, -0.2) is 4.79 Å². The van der Waals surface area contributed by atoms with Crippen LogP contribution >= 0.6 is 0 Å². The lowest BCUT2D eigenvalue weighted by molar-refractivity contribution is -0.163. The normalized spacial score (nSPS) is 21.9. The molecule has 0 spiro atoms. The minimum atomic E-state index is -0.336. The quantitative estimate of drug-likeness (QED) is 0.818. The minimum Gasteiger partial charge on any atom is -0.445 e. The van der Waals surface area contributed by atoms with Crippen molar-refractivity contribution in [1.29, 1.82) is 0 Å². The van der Waals surface area contributed by atoms with Gasteiger partial charge in [-0.3, -0.25) is 4.79 Å². The molecule has 4 rings (SSSR count). The summed E-state index contributed by atoms with van der Waals surface area (Å²) in [7, 11) is 0. The molecule has 0 radical (unpaired) electrons. The molecule has 2 amide bonds. The van der Waals surface area contributed by atoms with E-state index in [1.54, 1.807) is 4.90 Å². The number of likely N-dealkylation sites (tertiary alicyclic amines) is 1. The van der Waals surface area contributed by atoms with Crippen LogP contribution in [0.4, 0.5) is 4.79 Å². The van der Waals surface area contributed by atoms with Crippen LogP contribution in [0.25, 0.3) is 0 Å². The molecule has 0 N–H and O–H groups in total. The van der Waals surface area contributed by atoms with Crippen molar-refractivity contribution in [3.63, 3.8) is 0 Å². The number of carbonyl (C=O) groups is 2. The summed E-state index contributed by atoms with van der Waals surface area (Å²) in [4.78, 5) is 28.5. The molecule has 2 unspecified atom stereocenters. The molecule has 2 aromatic rings. The van der Waals surface area contributed by atoms with Crippen molar-refractivity contribution in [3.8, 4) is 0 Å². The summed E-state index contributed by atoms with van der Waals surface area (Å²) in [6.45, 7) is 1.88. The lowest BCUT2D eigenvalue weighted by Gasteiger charge is -2.46. The average Bonchev–Trinajstić information content (AvgIpc) is 2.75. The number of hydrogen-bond acceptors (Lipinski definition) is 4. The first-order chi connectivity index (χ1) is 13.7. The van der Waals surface area contributed by atoms with E-state index in [-0.39, 0.29) is 37.4 Å². The van der Waals surface area contributed by atoms with Crippen LogP contribution in [-0.2, 0) is 27.4 Å². The van der Waals surface area contributed by atoms with Crippen LogP contribution in [0.15, 0.2) is 60.7 Å². The van der Waals surface area contributed by atoms with Crippen molar-refractivity contribution in [1.82, 2.24) is 9.80 Å². The second-order valence-corrected chi connectivity index (χ2v) is 7.20. The molecule has 2 fully saturated rings. The summed E-state index contributed by atoms with van der Waals surface area (Å²) in [6, 6.07) is 19.6. The predicted molar refractivity (Wildman–Crippen MR) is 103 cm³/mol. The number of carbonyl (C=O) groups excluding carboxylic acids is 2. The SMILES string of the molecule is O=C(OCc1ccccc1)N1CCC2C(C1)OCC(=O)N2Cc1ccccc1. The zero-order valence-corrected chi connectivity index (χ0v) is 15.7. The molecule has 2 aliphatic rings. The van der Waals surface area contributed by atoms with Gasteiger partial charge in [0, 0.05) is 13.1 Å². The van der Waals surface area contributed by atoms with Gasteiger partial charge in [-0.1, -0.05) is 60.7 Å². The van der Waals surface area contributed by atoms with E-state index in [1.807, 2.05) is 65.6 Å². The zero-order chi connectivity index (χ0) is 19.3. The summed E-state index contributed by atoms with van der Waals surface area (Å²) < 4.78 is 11.2. The Labute approximate surface area is 164 Å². The van der Waals surface area contributed by atoms with Crippen LogP contribution in [0.5, 0.6) is 0 Å². The lowest BCUT2D eigenvalue weighted by Crippen LogP contribution is -2.61. The number of fused-ring (bicyclic) bond motifs is 1. The fourth-order valence-electron chi connectivity index (χ4n) is 3.83. The highest BCUT2D eigenvalue weighted by atomic mass is 16.6. The molecule has 2 atom stereocenters. The number of amides is 2. The summed E-state index contributed by atoms with van der Waals surface area (Å²) in [6.07, 6.45) is 0.167. The van der Waals surface area contributed by atoms with Crippen molar-refractivity contribution < 1.29 is 19.1 Å². The Bertz CT molecular complexity index is 812. The van der Waals surface area contributed by atoms with Crippen molar-refractivity contribution in [2.24, 2.45) is 0 Å². The number of rotatable bonds is 4. The Morgan fingerprint density at radius 3 is 2.43 bits per heavy atom. The molecule has 0 aliphatic carbocycles. The molecule has 6 heteroatoms. The number of morpholine rings is 1. The summed E-state index contributed by atoms with van der Waals surface area (Å²) in [5, 5.41) is 0. The van der Waals surface area contributed by atoms with E-state index in [4.69, 9.17) is 9.47 Å². The largest absolute Gasteiger partial charge is 0.445 e. The summed E-state index contributed by atoms with van der Waals surface area (Å²) in [5.74, 6) is 0.00482. The molecule has 28 heavy (non-hydrogen) atoms. The second-order valence-electron chi connectivity index (χ2n) is 7.20. The molecule has 0 saturated carbocycles. The fourth-order valence-corrected chi connectivity index (χ4v) is 3.83. The molecule has 2 heterocycles. The number of piperidine rings is 1. The van der Waals surface area contributed by atoms with Crippen LogP contribution in [0.3, 0.4) is 0 Å². The van der Waals surface area contributed by atoms with Crippen molar-refractivity contribution in [3.05, 3.63) is 71.8 Å². The maximum atomic E-state index is 12.5. The molecule has 2 aromatic carbocycles. The molecule has 0 bridgehead atoms. The van der Waals surface area contributed by atoms with Gasteiger partial charge in [0.25, 0.3) is 0 Å². The molecule has 6 nitrogen and oxygen atoms in total. The Kier molecular flexibility index (Phi) is 5.58. The van der Waals surface area contributed by atoms with Gasteiger partial charge >= 0.3 is 6.09 Å². The van der Waals surface area contributed by atoms with E-state index in [0.29, 0.717) is 26.1 Å². The molecular weight excluding hydrogens is 356 g/mol. The highest BCUT2D eigenvalue weighted by Gasteiger charge is 2.41. The number of benzene rings is 2. The topological polar surface area (TPSA) is 59.1 Å². The fraction of sp³-hybridized carbons (Fsp3) is 0.364. The van der Waals surface area contributed by atoms with Gasteiger partial charge in [-0.15, -0.1) is 0 Å². The summed E-state index contributed by atoms with van der Waals surface area (Å²) in [5.41, 5.74) is 2.06. The lowest BCUT2D eigenvalue weighted by atomic mass is 9.97. The number of nitrogens with zero attached hydrogens (tertiary/aromatic N) is 2. The Morgan fingerprint density at radius 1 is 1.04 bits per heavy atom. The van der Waals surface area contributed by atoms with Crippen molar-refractivity contribution in [2.45, 2.75) is 31.7 Å². The monoisotopic (exact) mass is 380 g/mol. The minimum absolute atomic E-state index is 0.00482. The first-order valence-electron chi connectivity index (χ1n) is 9.61. The van der Waals surface area contributed by atoms with Crippen LogP contribution in [0.1, 0.15) is 17.5 Å². The van der Waals surface area contributed by atoms with Gasteiger partial charge in [0.2, 0.25) is 5.91 Å². The van der Waals surface area contributed by atoms with E-state index < -0.39 is 0 Å². The zero-order valence-electron chi connectivity index (χ0n) is 15.7. The van der Waals surface area contributed by atoms with Crippen molar-refractivity contribution in [2.75, 3.05) is 19.7 Å². The smallest absolute Gasteiger partial charge is 0.410 e. The highest BCUT2D eigenvalue weighted by molar-refractivity contribution is 5.78. The molecule has 146 valence electrons. The third-order valence-corrected chi connectivity index (χ3v) is 5.32. The maximum absolute atomic E-state index is 12.5. The van der Waals surface area contributed by atoms with Crippen LogP contribution in [-0.4, -0.2) is 53.6 Å². The third kappa shape index (κ3) is 4.17. The van der Waals surface area contributed by atoms with Crippen LogP contribution in [0.2, 0.25) is 0 Å². The van der Waals surface area contributed by atoms with E-state index in [1.165, 1.54) is 0 Å². The highest BCUT2D eigenvalue weighted by Crippen LogP contribution is 2.26. The van der Waals surface area contributed by atoms with Crippen LogP contribution < -0.4 is 0 Å². The molecule has 0 aromatic heterocycles. The molecule has 2 saturated heterocycles. The van der Waals surface area contributed by atoms with Gasteiger partial charge in [-0.2, -0.15) is 0 Å². The Hall–Kier alpha value is -2.86. The summed E-state index contributed by atoms with van der Waals surface area (Å²) >= 11 is 0. The third-order valence-electron chi connectivity index (χ3n) is 5.32. The predicted octanol–water partition coefficient (Wildman–Crippen LogP) is 2.83. The molecular formula is C22H24N2O4. The van der Waals surface area contributed by atoms with Gasteiger partial charge < -0.3 is 19.3 Å². The first-order valence-corrected chi connectivity index (χ1v) is 9.61. The Balaban J connectivity index is 1.36. The van der Waals surface area contributed by atoms with E-state index in [9.17, 15) is 9.59 Å². The van der Waals surface area contributed by atoms with Crippen LogP contribution in [0, 0.1) is 0 Å². The first kappa shape index (κ1) is 18.5. The number of ether oxygens (including phenoxy) is 2. The average molecular weight is 380 g/mol. The Morgan fingerprint density at radius 2 is 1.71 bits per heavy atom. The van der Waals surface area contributed by atoms with Gasteiger partial charge in [-0.05, 0) is 17.5 Å². The van der Waals surface area contributed by atoms with Gasteiger partial charge in [0.15, 0.2) is 0 Å². The number of hydrogen-bond donors (Lipinski definition) is 0. The maximum Gasteiger partial charge on any atom is 0.410 e. The van der Waals surface area contributed by atoms with E-state index in [0.717, 1.165) is 11.1 Å². The van der Waals surface area contributed by atoms with Crippen molar-refractivity contribution >= 4 is 12.0 Å². The molecule has 2 aliphatic heterocycles. The van der Waals surface area contributed by atoms with E-state index in [2.05, 4.69) is 0 Å². The van der Waals surface area contributed by atoms with Gasteiger partial charge in [0.1, 0.15) is 13.2 Å². The second kappa shape index (κ2) is 8.44. The standard InChI is InChI=1S/C22H24N2O4/c25-21-16-27-20-14-23(22(26)28-15-18-9-5-2-6-10-18)12-11-19(20)24(21)13-17-7-3-1-4-8-17/h1-10,19-20H,11-16H2. The van der Waals surface area contributed by atoms with E-state index >= 15 is 0 Å².